The molecule has 0 amide bonds. The normalized spacial score (nSPS) is 37.9. The van der Waals surface area contributed by atoms with Gasteiger partial charge in [0.1, 0.15) is 31.0 Å². The molecule has 0 aromatic carbocycles. The molecule has 0 spiro atoms. The highest BCUT2D eigenvalue weighted by molar-refractivity contribution is 5.94. The van der Waals surface area contributed by atoms with Crippen LogP contribution in [0.1, 0.15) is 183 Å². The number of unbranched alkanes of at least 4 members (excludes halogenated alkanes) is 10. The smallest absolute Gasteiger partial charge is 0.305 e. The Labute approximate surface area is 334 Å². The molecule has 8 heteroatoms. The summed E-state index contributed by atoms with van der Waals surface area (Å²) in [6, 6.07) is 0. The van der Waals surface area contributed by atoms with Gasteiger partial charge in [0.15, 0.2) is 12.1 Å². The average Bonchev–Trinajstić information content (AvgIpc) is 3.51. The molecule has 5 aliphatic rings. The SMILES string of the molecule is CCCCCCCCCCCCCC(=O)OC[C@H]1O[C@H](O[C@H]2CC[C@@]3(C)C(=CC(=O)[C@H]4[C@@H]5CC[C@H]([C@H](C)CCCC(C)C)[C@@]5(C)CC[C@@H]43)C2)[C@H](O)[C@H](O)[C@H]1O. The average molecular weight is 773 g/mol. The highest BCUT2D eigenvalue weighted by Gasteiger charge is 2.61. The molecule has 55 heavy (non-hydrogen) atoms. The molecule has 1 saturated heterocycles. The molecule has 3 N–H and O–H groups in total. The van der Waals surface area contributed by atoms with E-state index >= 15 is 0 Å². The van der Waals surface area contributed by atoms with E-state index in [1.807, 2.05) is 6.08 Å². The molecule has 3 saturated carbocycles. The van der Waals surface area contributed by atoms with E-state index in [0.29, 0.717) is 42.3 Å². The van der Waals surface area contributed by atoms with E-state index in [2.05, 4.69) is 41.5 Å². The maximum Gasteiger partial charge on any atom is 0.305 e. The molecule has 0 aromatic rings. The predicted molar refractivity (Wildman–Crippen MR) is 217 cm³/mol. The number of ether oxygens (including phenoxy) is 3. The van der Waals surface area contributed by atoms with E-state index in [-0.39, 0.29) is 35.4 Å². The molecular weight excluding hydrogens is 693 g/mol. The number of hydrogen-bond acceptors (Lipinski definition) is 8. The zero-order valence-electron chi connectivity index (χ0n) is 35.7. The monoisotopic (exact) mass is 773 g/mol. The first kappa shape index (κ1) is 44.8. The lowest BCUT2D eigenvalue weighted by molar-refractivity contribution is -0.313. The van der Waals surface area contributed by atoms with Gasteiger partial charge in [0, 0.05) is 12.3 Å². The maximum atomic E-state index is 14.1. The summed E-state index contributed by atoms with van der Waals surface area (Å²) in [4.78, 5) is 26.7. The van der Waals surface area contributed by atoms with E-state index < -0.39 is 30.7 Å². The summed E-state index contributed by atoms with van der Waals surface area (Å²) in [5, 5.41) is 32.3. The Kier molecular flexibility index (Phi) is 16.8. The summed E-state index contributed by atoms with van der Waals surface area (Å²) >= 11 is 0. The number of hydrogen-bond donors (Lipinski definition) is 3. The molecule has 1 heterocycles. The van der Waals surface area contributed by atoms with Crippen LogP contribution in [0.3, 0.4) is 0 Å². The molecule has 0 radical (unpaired) electrons. The molecule has 8 nitrogen and oxygen atoms in total. The first-order valence-electron chi connectivity index (χ1n) is 23.1. The van der Waals surface area contributed by atoms with Crippen molar-refractivity contribution >= 4 is 11.8 Å². The van der Waals surface area contributed by atoms with Crippen LogP contribution in [-0.2, 0) is 23.8 Å². The van der Waals surface area contributed by atoms with Crippen molar-refractivity contribution in [1.29, 1.82) is 0 Å². The summed E-state index contributed by atoms with van der Waals surface area (Å²) in [7, 11) is 0. The number of ketones is 1. The zero-order valence-corrected chi connectivity index (χ0v) is 35.7. The van der Waals surface area contributed by atoms with Gasteiger partial charge in [0.05, 0.1) is 6.10 Å². The van der Waals surface area contributed by atoms with Crippen molar-refractivity contribution in [1.82, 2.24) is 0 Å². The van der Waals surface area contributed by atoms with Crippen LogP contribution in [0.2, 0.25) is 0 Å². The number of carbonyl (C=O) groups is 2. The summed E-state index contributed by atoms with van der Waals surface area (Å²) in [5.41, 5.74) is 1.31. The van der Waals surface area contributed by atoms with Gasteiger partial charge in [-0.15, -0.1) is 0 Å². The minimum absolute atomic E-state index is 0.0624. The van der Waals surface area contributed by atoms with Crippen LogP contribution in [0.25, 0.3) is 0 Å². The fraction of sp³-hybridized carbons (Fsp3) is 0.915. The van der Waals surface area contributed by atoms with Crippen LogP contribution < -0.4 is 0 Å². The van der Waals surface area contributed by atoms with Crippen molar-refractivity contribution in [2.45, 2.75) is 220 Å². The van der Waals surface area contributed by atoms with Gasteiger partial charge in [0.25, 0.3) is 0 Å². The predicted octanol–water partition coefficient (Wildman–Crippen LogP) is 9.64. The van der Waals surface area contributed by atoms with E-state index in [4.69, 9.17) is 14.2 Å². The highest BCUT2D eigenvalue weighted by Crippen LogP contribution is 2.67. The molecule has 13 atom stereocenters. The van der Waals surface area contributed by atoms with Crippen molar-refractivity contribution in [2.75, 3.05) is 6.61 Å². The van der Waals surface area contributed by atoms with Crippen LogP contribution in [-0.4, -0.2) is 70.5 Å². The first-order chi connectivity index (χ1) is 26.3. The molecule has 1 aliphatic heterocycles. The largest absolute Gasteiger partial charge is 0.463 e. The molecule has 4 aliphatic carbocycles. The number of rotatable bonds is 21. The van der Waals surface area contributed by atoms with Gasteiger partial charge in [-0.25, -0.2) is 0 Å². The first-order valence-corrected chi connectivity index (χ1v) is 23.1. The van der Waals surface area contributed by atoms with Crippen LogP contribution >= 0.6 is 0 Å². The number of carbonyl (C=O) groups excluding carboxylic acids is 2. The number of aliphatic hydroxyl groups excluding tert-OH is 3. The zero-order chi connectivity index (χ0) is 39.8. The van der Waals surface area contributed by atoms with Crippen molar-refractivity contribution < 1.29 is 39.1 Å². The molecule has 316 valence electrons. The quantitative estimate of drug-likeness (QED) is 0.0779. The number of aliphatic hydroxyl groups is 3. The second-order valence-electron chi connectivity index (χ2n) is 19.7. The van der Waals surface area contributed by atoms with Gasteiger partial charge in [-0.2, -0.15) is 0 Å². The van der Waals surface area contributed by atoms with E-state index in [9.17, 15) is 24.9 Å². The summed E-state index contributed by atoms with van der Waals surface area (Å²) in [6.45, 7) is 14.0. The Morgan fingerprint density at radius 3 is 2.16 bits per heavy atom. The third-order valence-electron chi connectivity index (χ3n) is 15.5. The second kappa shape index (κ2) is 20.6. The van der Waals surface area contributed by atoms with Gasteiger partial charge in [-0.3, -0.25) is 9.59 Å². The van der Waals surface area contributed by atoms with Crippen LogP contribution in [0, 0.1) is 46.3 Å². The topological polar surface area (TPSA) is 123 Å². The van der Waals surface area contributed by atoms with Crippen molar-refractivity contribution in [3.05, 3.63) is 11.6 Å². The molecule has 4 fully saturated rings. The Morgan fingerprint density at radius 2 is 1.49 bits per heavy atom. The fourth-order valence-electron chi connectivity index (χ4n) is 12.0. The lowest BCUT2D eigenvalue weighted by atomic mass is 9.46. The Hall–Kier alpha value is -1.32. The Morgan fingerprint density at radius 1 is 0.818 bits per heavy atom. The molecular formula is C47H80O8. The lowest BCUT2D eigenvalue weighted by Gasteiger charge is -2.58. The Balaban J connectivity index is 1.09. The number of fused-ring (bicyclic) bond motifs is 5. The number of esters is 1. The van der Waals surface area contributed by atoms with E-state index in [1.165, 1.54) is 83.5 Å². The molecule has 0 unspecified atom stereocenters. The maximum absolute atomic E-state index is 14.1. The van der Waals surface area contributed by atoms with Gasteiger partial charge >= 0.3 is 5.97 Å². The van der Waals surface area contributed by atoms with Crippen LogP contribution in [0.5, 0.6) is 0 Å². The lowest BCUT2D eigenvalue weighted by Crippen LogP contribution is -2.60. The molecule has 0 aromatic heterocycles. The summed E-state index contributed by atoms with van der Waals surface area (Å²) in [6.07, 6.45) is 19.4. The standard InChI is InChI=1S/C47H80O8/c1-7-8-9-10-11-12-13-14-15-16-17-21-40(49)53-30-39-42(50)43(51)44(52)45(55-39)54-34-24-26-46(5)33(28-34)29-38(48)41-36-23-22-35(32(4)20-18-19-31(2)3)47(36,6)27-25-37(41)46/h29,31-32,34-37,39,41-45,50-52H,7-28,30H2,1-6H3/t32-,34+,35-,36+,37+,39-,41+,42+,43-,44-,45+,46+,47-/m1/s1. The van der Waals surface area contributed by atoms with E-state index in [1.54, 1.807) is 0 Å². The van der Waals surface area contributed by atoms with Gasteiger partial charge in [0.2, 0.25) is 0 Å². The third-order valence-corrected chi connectivity index (χ3v) is 15.5. The molecule has 0 bridgehead atoms. The minimum Gasteiger partial charge on any atom is -0.463 e. The Bertz CT molecular complexity index is 1250. The van der Waals surface area contributed by atoms with E-state index in [0.717, 1.165) is 56.4 Å². The van der Waals surface area contributed by atoms with Crippen molar-refractivity contribution in [3.8, 4) is 0 Å². The molecule has 5 rings (SSSR count). The van der Waals surface area contributed by atoms with Crippen LogP contribution in [0.4, 0.5) is 0 Å². The van der Waals surface area contributed by atoms with Crippen molar-refractivity contribution in [2.24, 2.45) is 46.3 Å². The minimum atomic E-state index is -1.50. The second-order valence-corrected chi connectivity index (χ2v) is 19.7. The van der Waals surface area contributed by atoms with Crippen LogP contribution in [0.15, 0.2) is 11.6 Å². The third kappa shape index (κ3) is 10.8. The van der Waals surface area contributed by atoms with Crippen molar-refractivity contribution in [3.63, 3.8) is 0 Å². The summed E-state index contributed by atoms with van der Waals surface area (Å²) in [5.74, 6) is 2.96. The number of allylic oxidation sites excluding steroid dienone is 1. The van der Waals surface area contributed by atoms with Gasteiger partial charge in [-0.1, -0.05) is 131 Å². The van der Waals surface area contributed by atoms with Gasteiger partial charge in [-0.05, 0) is 97.9 Å². The highest BCUT2D eigenvalue weighted by atomic mass is 16.7. The fourth-order valence-corrected chi connectivity index (χ4v) is 12.0. The summed E-state index contributed by atoms with van der Waals surface area (Å²) < 4.78 is 17.8. The van der Waals surface area contributed by atoms with Gasteiger partial charge < -0.3 is 29.5 Å².